The van der Waals surface area contributed by atoms with Gasteiger partial charge in [-0.15, -0.1) is 0 Å². The van der Waals surface area contributed by atoms with Crippen LogP contribution in [0.15, 0.2) is 72.9 Å². The van der Waals surface area contributed by atoms with Crippen LogP contribution < -0.4 is 5.32 Å². The monoisotopic (exact) mass is 1030 g/mol. The van der Waals surface area contributed by atoms with Crippen LogP contribution in [0.5, 0.6) is 0 Å². The van der Waals surface area contributed by atoms with Crippen molar-refractivity contribution in [3.8, 4) is 0 Å². The molecule has 10 heteroatoms. The summed E-state index contributed by atoms with van der Waals surface area (Å²) in [5, 5.41) is 3.04. The molecule has 72 heavy (non-hydrogen) atoms. The van der Waals surface area contributed by atoms with Gasteiger partial charge < -0.3 is 19.4 Å². The second-order valence-corrected chi connectivity index (χ2v) is 22.6. The molecule has 0 aromatic rings. The van der Waals surface area contributed by atoms with Gasteiger partial charge in [-0.3, -0.25) is 18.6 Å². The Hall–Kier alpha value is -2.55. The first-order valence-corrected chi connectivity index (χ1v) is 31.3. The van der Waals surface area contributed by atoms with Gasteiger partial charge in [0.05, 0.1) is 33.8 Å². The van der Waals surface area contributed by atoms with Crippen molar-refractivity contribution in [3.63, 3.8) is 0 Å². The van der Waals surface area contributed by atoms with Crippen LogP contribution in [0.2, 0.25) is 0 Å². The van der Waals surface area contributed by atoms with E-state index in [1.807, 2.05) is 33.3 Å². The van der Waals surface area contributed by atoms with Crippen molar-refractivity contribution in [2.24, 2.45) is 0 Å². The molecule has 0 aliphatic heterocycles. The molecule has 9 nitrogen and oxygen atoms in total. The van der Waals surface area contributed by atoms with Gasteiger partial charge in [-0.1, -0.05) is 248 Å². The molecule has 3 atom stereocenters. The first-order chi connectivity index (χ1) is 34.9. The molecule has 0 aromatic carbocycles. The van der Waals surface area contributed by atoms with E-state index in [4.69, 9.17) is 13.8 Å². The number of hydrogen-bond acceptors (Lipinski definition) is 6. The van der Waals surface area contributed by atoms with Gasteiger partial charge in [0.15, 0.2) is 0 Å². The van der Waals surface area contributed by atoms with Crippen LogP contribution in [-0.4, -0.2) is 74.3 Å². The molecule has 0 aliphatic rings. The lowest BCUT2D eigenvalue weighted by molar-refractivity contribution is -0.870. The Kier molecular flexibility index (Phi) is 50.1. The number of carbonyl (C=O) groups is 2. The zero-order valence-corrected chi connectivity index (χ0v) is 48.6. The number of ether oxygens (including phenoxy) is 1. The summed E-state index contributed by atoms with van der Waals surface area (Å²) in [6.07, 6.45) is 66.1. The molecule has 418 valence electrons. The molecule has 0 bridgehead atoms. The van der Waals surface area contributed by atoms with Crippen molar-refractivity contribution < 1.29 is 37.3 Å². The molecule has 0 saturated heterocycles. The highest BCUT2D eigenvalue weighted by Crippen LogP contribution is 2.43. The molecular weight excluding hydrogens is 916 g/mol. The van der Waals surface area contributed by atoms with Gasteiger partial charge in [0.1, 0.15) is 19.3 Å². The molecule has 0 radical (unpaired) electrons. The fourth-order valence-electron chi connectivity index (χ4n) is 8.33. The molecule has 3 unspecified atom stereocenters. The standard InChI is InChI=1S/C62H113N2O7P/c1-7-10-13-16-19-22-25-28-30-32-34-37-40-43-46-49-52-55-62(66)71-60(53-50-47-44-41-38-35-27-24-21-18-15-12-9-3)59(58-70-72(67,68)69-57-56-64(4,5)6)63-61(65)54-51-48-45-42-39-36-33-31-29-26-23-20-17-14-11-8-2/h10,13,19,22,28,30,34,37,43,46,50,53,59-60H,7-9,11-12,14-18,20-21,23-27,29,31-33,35-36,38-42,44-45,47-49,51-52,54-58H2,1-6H3,(H-,63,65,67,68)/p+1/b13-10-,22-19-,30-28-,37-34-,46-43-,53-50+. The molecule has 0 rings (SSSR count). The Bertz CT molecular complexity index is 1460. The number of rotatable bonds is 53. The fourth-order valence-corrected chi connectivity index (χ4v) is 9.06. The van der Waals surface area contributed by atoms with E-state index in [1.54, 1.807) is 0 Å². The number of hydrogen-bond donors (Lipinski definition) is 2. The van der Waals surface area contributed by atoms with Gasteiger partial charge in [-0.2, -0.15) is 0 Å². The van der Waals surface area contributed by atoms with Crippen LogP contribution in [0.4, 0.5) is 0 Å². The van der Waals surface area contributed by atoms with Gasteiger partial charge >= 0.3 is 13.8 Å². The van der Waals surface area contributed by atoms with Crippen LogP contribution in [-0.2, 0) is 27.9 Å². The minimum absolute atomic E-state index is 0.0305. The summed E-state index contributed by atoms with van der Waals surface area (Å²) in [7, 11) is 1.47. The van der Waals surface area contributed by atoms with Gasteiger partial charge in [0.25, 0.3) is 0 Å². The normalized spacial score (nSPS) is 14.3. The van der Waals surface area contributed by atoms with Crippen molar-refractivity contribution in [3.05, 3.63) is 72.9 Å². The summed E-state index contributed by atoms with van der Waals surface area (Å²) in [4.78, 5) is 37.6. The third kappa shape index (κ3) is 52.3. The van der Waals surface area contributed by atoms with Crippen molar-refractivity contribution in [1.29, 1.82) is 0 Å². The minimum atomic E-state index is -4.46. The summed E-state index contributed by atoms with van der Waals surface area (Å²) in [6.45, 7) is 6.87. The van der Waals surface area contributed by atoms with Gasteiger partial charge in [0, 0.05) is 12.8 Å². The lowest BCUT2D eigenvalue weighted by Crippen LogP contribution is -2.47. The summed E-state index contributed by atoms with van der Waals surface area (Å²) in [5.41, 5.74) is 0. The van der Waals surface area contributed by atoms with Gasteiger partial charge in [0.2, 0.25) is 5.91 Å². The molecule has 0 aromatic heterocycles. The first-order valence-electron chi connectivity index (χ1n) is 29.8. The molecule has 1 amide bonds. The number of amides is 1. The number of carbonyl (C=O) groups excluding carboxylic acids is 2. The summed E-state index contributed by atoms with van der Waals surface area (Å²) in [5.74, 6) is -0.569. The predicted octanol–water partition coefficient (Wildman–Crippen LogP) is 18.1. The van der Waals surface area contributed by atoms with Crippen molar-refractivity contribution in [2.45, 2.75) is 270 Å². The number of phosphoric ester groups is 1. The fraction of sp³-hybridized carbons (Fsp3) is 0.774. The Balaban J connectivity index is 5.42. The number of likely N-dealkylation sites (N-methyl/N-ethyl adjacent to an activating group) is 1. The van der Waals surface area contributed by atoms with E-state index in [2.05, 4.69) is 86.8 Å². The molecular formula is C62H114N2O7P+. The van der Waals surface area contributed by atoms with Gasteiger partial charge in [-0.05, 0) is 70.3 Å². The number of phosphoric acid groups is 1. The number of allylic oxidation sites excluding steroid dienone is 11. The van der Waals surface area contributed by atoms with Crippen LogP contribution >= 0.6 is 7.82 Å². The zero-order chi connectivity index (χ0) is 52.9. The molecule has 0 saturated carbocycles. The lowest BCUT2D eigenvalue weighted by atomic mass is 10.0. The van der Waals surface area contributed by atoms with E-state index in [0.29, 0.717) is 23.9 Å². The summed E-state index contributed by atoms with van der Waals surface area (Å²) < 4.78 is 30.6. The smallest absolute Gasteiger partial charge is 0.456 e. The maximum Gasteiger partial charge on any atom is 0.472 e. The first kappa shape index (κ1) is 69.5. The van der Waals surface area contributed by atoms with Crippen LogP contribution in [0.25, 0.3) is 0 Å². The Morgan fingerprint density at radius 2 is 0.903 bits per heavy atom. The highest BCUT2D eigenvalue weighted by atomic mass is 31.2. The maximum atomic E-state index is 13.5. The maximum absolute atomic E-state index is 13.5. The number of nitrogens with one attached hydrogen (secondary N) is 1. The predicted molar refractivity (Wildman–Crippen MR) is 309 cm³/mol. The lowest BCUT2D eigenvalue weighted by Gasteiger charge is -2.27. The average Bonchev–Trinajstić information content (AvgIpc) is 3.34. The number of unbranched alkanes of at least 4 members (excludes halogenated alkanes) is 27. The summed E-state index contributed by atoms with van der Waals surface area (Å²) in [6, 6.07) is -0.871. The van der Waals surface area contributed by atoms with Crippen molar-refractivity contribution >= 4 is 19.7 Å². The third-order valence-corrected chi connectivity index (χ3v) is 13.9. The largest absolute Gasteiger partial charge is 0.472 e. The van der Waals surface area contributed by atoms with E-state index < -0.39 is 20.0 Å². The minimum Gasteiger partial charge on any atom is -0.456 e. The number of nitrogens with zero attached hydrogens (tertiary/aromatic N) is 1. The van der Waals surface area contributed by atoms with Crippen LogP contribution in [0.1, 0.15) is 258 Å². The molecule has 0 aliphatic carbocycles. The Labute approximate surface area is 444 Å². The highest BCUT2D eigenvalue weighted by molar-refractivity contribution is 7.47. The second kappa shape index (κ2) is 51.9. The Morgan fingerprint density at radius 1 is 0.500 bits per heavy atom. The molecule has 0 spiro atoms. The zero-order valence-electron chi connectivity index (χ0n) is 47.7. The molecule has 0 fully saturated rings. The topological polar surface area (TPSA) is 111 Å². The average molecular weight is 1030 g/mol. The second-order valence-electron chi connectivity index (χ2n) is 21.1. The molecule has 2 N–H and O–H groups in total. The van der Waals surface area contributed by atoms with E-state index >= 15 is 0 Å². The SMILES string of the molecule is CC/C=C\C/C=C\C/C=C\C/C=C\C/C=C\CCCC(=O)OC(/C=C/CCCCCCCCCCCCC)C(COP(=O)(O)OCC[N+](C)(C)C)NC(=O)CCCCCCCCCCCCCCCCCC. The van der Waals surface area contributed by atoms with Crippen molar-refractivity contribution in [2.75, 3.05) is 40.9 Å². The van der Waals surface area contributed by atoms with E-state index in [0.717, 1.165) is 77.0 Å². The number of quaternary nitrogens is 1. The molecule has 0 heterocycles. The van der Waals surface area contributed by atoms with Crippen LogP contribution in [0.3, 0.4) is 0 Å². The third-order valence-electron chi connectivity index (χ3n) is 12.9. The van der Waals surface area contributed by atoms with E-state index in [1.165, 1.54) is 141 Å². The van der Waals surface area contributed by atoms with E-state index in [-0.39, 0.29) is 31.5 Å². The van der Waals surface area contributed by atoms with E-state index in [9.17, 15) is 19.0 Å². The quantitative estimate of drug-likeness (QED) is 0.0205. The Morgan fingerprint density at radius 3 is 1.35 bits per heavy atom. The van der Waals surface area contributed by atoms with Crippen LogP contribution in [0, 0.1) is 0 Å². The van der Waals surface area contributed by atoms with Crippen molar-refractivity contribution in [1.82, 2.24) is 5.32 Å². The van der Waals surface area contributed by atoms with Gasteiger partial charge in [-0.25, -0.2) is 4.57 Å². The highest BCUT2D eigenvalue weighted by Gasteiger charge is 2.30. The number of esters is 1. The summed E-state index contributed by atoms with van der Waals surface area (Å²) >= 11 is 0.